The number of halogens is 1. The van der Waals surface area contributed by atoms with Gasteiger partial charge >= 0.3 is 0 Å². The van der Waals surface area contributed by atoms with Crippen molar-refractivity contribution >= 4 is 39.1 Å². The smallest absolute Gasteiger partial charge is 0.137 e. The number of hydrogen-bond acceptors (Lipinski definition) is 2. The predicted molar refractivity (Wildman–Crippen MR) is 114 cm³/mol. The largest absolute Gasteiger partial charge is 0.346 e. The lowest BCUT2D eigenvalue weighted by Gasteiger charge is -2.24. The second-order valence-corrected chi connectivity index (χ2v) is 8.44. The van der Waals surface area contributed by atoms with Crippen molar-refractivity contribution in [2.75, 3.05) is 0 Å². The molecule has 4 nitrogen and oxygen atoms in total. The molecule has 2 aromatic rings. The first-order chi connectivity index (χ1) is 13.3. The molecule has 0 aromatic carbocycles. The van der Waals surface area contributed by atoms with E-state index in [4.69, 9.17) is 4.98 Å². The molecule has 5 heteroatoms. The minimum atomic E-state index is 0.555. The normalized spacial score (nSPS) is 24.1. The SMILES string of the molecule is BrC1=CCC(=c2ncn(C3CCCCC3)c2=C2CC=Nc3[nH]ccc32)C=C1. The van der Waals surface area contributed by atoms with Crippen LogP contribution in [0.1, 0.15) is 56.6 Å². The summed E-state index contributed by atoms with van der Waals surface area (Å²) in [5.74, 6) is 0.963. The number of aromatic nitrogens is 3. The van der Waals surface area contributed by atoms with E-state index in [0.717, 1.165) is 28.5 Å². The third-order valence-electron chi connectivity index (χ3n) is 5.88. The Labute approximate surface area is 167 Å². The van der Waals surface area contributed by atoms with Crippen LogP contribution < -0.4 is 10.7 Å². The van der Waals surface area contributed by atoms with Crippen molar-refractivity contribution in [1.29, 1.82) is 0 Å². The molecule has 0 spiro atoms. The molecule has 2 aromatic heterocycles. The first-order valence-corrected chi connectivity index (χ1v) is 10.6. The Morgan fingerprint density at radius 2 is 2.00 bits per heavy atom. The van der Waals surface area contributed by atoms with Crippen LogP contribution in [-0.4, -0.2) is 20.7 Å². The fourth-order valence-corrected chi connectivity index (χ4v) is 4.80. The van der Waals surface area contributed by atoms with Gasteiger partial charge in [-0.05, 0) is 42.6 Å². The highest BCUT2D eigenvalue weighted by atomic mass is 79.9. The van der Waals surface area contributed by atoms with Crippen LogP contribution in [0, 0.1) is 0 Å². The van der Waals surface area contributed by atoms with Gasteiger partial charge < -0.3 is 9.55 Å². The molecule has 2 aliphatic carbocycles. The summed E-state index contributed by atoms with van der Waals surface area (Å²) in [5, 5.41) is 2.42. The van der Waals surface area contributed by atoms with Gasteiger partial charge in [0.05, 0.1) is 17.0 Å². The molecule has 0 saturated heterocycles. The molecular weight excluding hydrogens is 400 g/mol. The van der Waals surface area contributed by atoms with Gasteiger partial charge in [0.15, 0.2) is 0 Å². The molecule has 1 aliphatic heterocycles. The van der Waals surface area contributed by atoms with Crippen molar-refractivity contribution in [3.05, 3.63) is 57.6 Å². The molecule has 0 radical (unpaired) electrons. The van der Waals surface area contributed by atoms with Crippen LogP contribution in [0.15, 0.2) is 46.3 Å². The number of aliphatic imine (C=N–C) groups is 1. The summed E-state index contributed by atoms with van der Waals surface area (Å²) in [7, 11) is 0. The Morgan fingerprint density at radius 3 is 2.81 bits per heavy atom. The molecule has 5 rings (SSSR count). The highest BCUT2D eigenvalue weighted by Crippen LogP contribution is 2.30. The minimum Gasteiger partial charge on any atom is -0.346 e. The van der Waals surface area contributed by atoms with Crippen LogP contribution in [0.2, 0.25) is 0 Å². The number of allylic oxidation sites excluding steroid dienone is 4. The van der Waals surface area contributed by atoms with Crippen LogP contribution in [0.4, 0.5) is 5.82 Å². The molecule has 0 amide bonds. The maximum Gasteiger partial charge on any atom is 0.137 e. The van der Waals surface area contributed by atoms with Gasteiger partial charge in [-0.15, -0.1) is 0 Å². The van der Waals surface area contributed by atoms with Gasteiger partial charge in [-0.1, -0.05) is 47.3 Å². The predicted octanol–water partition coefficient (Wildman–Crippen LogP) is 4.41. The summed E-state index contributed by atoms with van der Waals surface area (Å²) in [4.78, 5) is 12.7. The van der Waals surface area contributed by atoms with Crippen molar-refractivity contribution in [2.45, 2.75) is 51.0 Å². The number of fused-ring (bicyclic) bond motifs is 1. The number of nitrogens with one attached hydrogen (secondary N) is 1. The van der Waals surface area contributed by atoms with Crippen LogP contribution in [-0.2, 0) is 0 Å². The van der Waals surface area contributed by atoms with E-state index in [2.05, 4.69) is 61.1 Å². The van der Waals surface area contributed by atoms with Crippen molar-refractivity contribution in [1.82, 2.24) is 14.5 Å². The summed E-state index contributed by atoms with van der Waals surface area (Å²) in [5.41, 5.74) is 3.84. The summed E-state index contributed by atoms with van der Waals surface area (Å²) in [6.45, 7) is 0. The van der Waals surface area contributed by atoms with E-state index < -0.39 is 0 Å². The van der Waals surface area contributed by atoms with Crippen molar-refractivity contribution < 1.29 is 0 Å². The van der Waals surface area contributed by atoms with Gasteiger partial charge in [-0.25, -0.2) is 9.98 Å². The molecule has 27 heavy (non-hydrogen) atoms. The van der Waals surface area contributed by atoms with E-state index in [-0.39, 0.29) is 0 Å². The van der Waals surface area contributed by atoms with Gasteiger partial charge in [-0.3, -0.25) is 0 Å². The molecular formula is C22H23BrN4. The maximum absolute atomic E-state index is 4.93. The molecule has 3 heterocycles. The number of hydrogen-bond donors (Lipinski definition) is 1. The third-order valence-corrected chi connectivity index (χ3v) is 6.47. The Kier molecular flexibility index (Phi) is 4.48. The van der Waals surface area contributed by atoms with E-state index >= 15 is 0 Å². The molecule has 1 saturated carbocycles. The molecule has 1 fully saturated rings. The van der Waals surface area contributed by atoms with Crippen LogP contribution in [0.3, 0.4) is 0 Å². The van der Waals surface area contributed by atoms with Crippen LogP contribution in [0.5, 0.6) is 0 Å². The van der Waals surface area contributed by atoms with E-state index in [1.54, 1.807) is 0 Å². The van der Waals surface area contributed by atoms with E-state index in [9.17, 15) is 0 Å². The lowest BCUT2D eigenvalue weighted by atomic mass is 9.94. The molecule has 0 bridgehead atoms. The van der Waals surface area contributed by atoms with Gasteiger partial charge in [-0.2, -0.15) is 0 Å². The second kappa shape index (κ2) is 7.12. The number of H-pyrrole nitrogens is 1. The zero-order valence-electron chi connectivity index (χ0n) is 15.3. The summed E-state index contributed by atoms with van der Waals surface area (Å²) in [6.07, 6.45) is 20.9. The first-order valence-electron chi connectivity index (χ1n) is 9.84. The highest BCUT2D eigenvalue weighted by molar-refractivity contribution is 9.11. The van der Waals surface area contributed by atoms with Crippen molar-refractivity contribution in [2.24, 2.45) is 4.99 Å². The van der Waals surface area contributed by atoms with Gasteiger partial charge in [0.1, 0.15) is 5.82 Å². The fraction of sp³-hybridized carbons (Fsp3) is 0.364. The lowest BCUT2D eigenvalue weighted by molar-refractivity contribution is 0.348. The minimum absolute atomic E-state index is 0.555. The van der Waals surface area contributed by atoms with Crippen molar-refractivity contribution in [3.8, 4) is 0 Å². The molecule has 138 valence electrons. The molecule has 1 N–H and O–H groups in total. The molecule has 0 atom stereocenters. The Hall–Kier alpha value is -2.14. The Morgan fingerprint density at radius 1 is 1.11 bits per heavy atom. The second-order valence-electron chi connectivity index (χ2n) is 7.53. The number of rotatable bonds is 1. The average Bonchev–Trinajstić information content (AvgIpc) is 3.36. The first kappa shape index (κ1) is 17.0. The molecule has 0 unspecified atom stereocenters. The Balaban J connectivity index is 1.79. The van der Waals surface area contributed by atoms with Crippen LogP contribution >= 0.6 is 15.9 Å². The van der Waals surface area contributed by atoms with Crippen molar-refractivity contribution in [3.63, 3.8) is 0 Å². The van der Waals surface area contributed by atoms with Gasteiger partial charge in [0, 0.05) is 34.9 Å². The number of nitrogens with zero attached hydrogens (tertiary/aromatic N) is 3. The van der Waals surface area contributed by atoms with E-state index in [1.165, 1.54) is 54.2 Å². The monoisotopic (exact) mass is 422 g/mol. The third kappa shape index (κ3) is 3.08. The van der Waals surface area contributed by atoms with Gasteiger partial charge in [0.25, 0.3) is 0 Å². The lowest BCUT2D eigenvalue weighted by Crippen LogP contribution is -2.37. The summed E-state index contributed by atoms with van der Waals surface area (Å²) >= 11 is 3.58. The van der Waals surface area contributed by atoms with Gasteiger partial charge in [0.2, 0.25) is 0 Å². The summed E-state index contributed by atoms with van der Waals surface area (Å²) in [6, 6.07) is 2.71. The maximum atomic E-state index is 4.93. The molecule has 3 aliphatic rings. The number of imidazole rings is 1. The highest BCUT2D eigenvalue weighted by Gasteiger charge is 2.21. The van der Waals surface area contributed by atoms with Crippen LogP contribution in [0.25, 0.3) is 11.1 Å². The van der Waals surface area contributed by atoms with E-state index in [0.29, 0.717) is 6.04 Å². The number of aromatic amines is 1. The fourth-order valence-electron chi connectivity index (χ4n) is 4.50. The topological polar surface area (TPSA) is 46.0 Å². The standard InChI is InChI=1S/C22H23BrN4/c23-16-8-6-15(7-9-16)20-21(18-10-12-24-22-19(18)11-13-25-22)27(14-26-20)17-4-2-1-3-5-17/h6,8-9,11-14,17,25H,1-5,7,10H2. The Bertz CT molecular complexity index is 1070. The summed E-state index contributed by atoms with van der Waals surface area (Å²) < 4.78 is 3.61. The zero-order valence-corrected chi connectivity index (χ0v) is 16.9. The average molecular weight is 423 g/mol. The van der Waals surface area contributed by atoms with E-state index in [1.807, 2.05) is 12.4 Å². The quantitative estimate of drug-likeness (QED) is 0.726. The zero-order chi connectivity index (χ0) is 18.2.